The lowest BCUT2D eigenvalue weighted by Crippen LogP contribution is -2.33. The van der Waals surface area contributed by atoms with Crippen molar-refractivity contribution in [3.63, 3.8) is 0 Å². The molecule has 0 atom stereocenters. The highest BCUT2D eigenvalue weighted by Crippen LogP contribution is 2.40. The molecule has 1 heterocycles. The summed E-state index contributed by atoms with van der Waals surface area (Å²) in [5.74, 6) is -0.470. The third-order valence-corrected chi connectivity index (χ3v) is 5.18. The minimum absolute atomic E-state index is 0.212. The van der Waals surface area contributed by atoms with Crippen LogP contribution in [0.1, 0.15) is 32.9 Å². The van der Waals surface area contributed by atoms with Crippen molar-refractivity contribution in [3.8, 4) is 0 Å². The van der Waals surface area contributed by atoms with Gasteiger partial charge in [-0.05, 0) is 28.8 Å². The van der Waals surface area contributed by atoms with Crippen LogP contribution in [-0.4, -0.2) is 18.1 Å². The van der Waals surface area contributed by atoms with E-state index in [4.69, 9.17) is 9.47 Å². The Balaban J connectivity index is 1.82. The van der Waals surface area contributed by atoms with Crippen molar-refractivity contribution in [1.82, 2.24) is 4.98 Å². The molecule has 0 bridgehead atoms. The molecular formula is C27H23NO3. The van der Waals surface area contributed by atoms with Crippen LogP contribution in [0.3, 0.4) is 0 Å². The van der Waals surface area contributed by atoms with Crippen molar-refractivity contribution in [2.75, 3.05) is 7.11 Å². The van der Waals surface area contributed by atoms with Crippen LogP contribution >= 0.6 is 0 Å². The van der Waals surface area contributed by atoms with Crippen LogP contribution < -0.4 is 0 Å². The van der Waals surface area contributed by atoms with Gasteiger partial charge in [0, 0.05) is 0 Å². The van der Waals surface area contributed by atoms with Gasteiger partial charge < -0.3 is 9.47 Å². The summed E-state index contributed by atoms with van der Waals surface area (Å²) in [6.07, 6.45) is 0. The number of aromatic nitrogens is 1. The third kappa shape index (κ3) is 4.25. The van der Waals surface area contributed by atoms with Gasteiger partial charge in [-0.3, -0.25) is 0 Å². The van der Waals surface area contributed by atoms with Gasteiger partial charge in [0.1, 0.15) is 11.3 Å². The third-order valence-electron chi connectivity index (χ3n) is 5.18. The van der Waals surface area contributed by atoms with Gasteiger partial charge >= 0.3 is 5.97 Å². The van der Waals surface area contributed by atoms with Crippen molar-refractivity contribution in [1.29, 1.82) is 0 Å². The van der Waals surface area contributed by atoms with E-state index >= 15 is 0 Å². The Morgan fingerprint density at radius 3 is 1.65 bits per heavy atom. The van der Waals surface area contributed by atoms with Gasteiger partial charge in [0.25, 0.3) is 0 Å². The van der Waals surface area contributed by atoms with Gasteiger partial charge in [-0.15, -0.1) is 0 Å². The minimum Gasteiger partial charge on any atom is -0.464 e. The van der Waals surface area contributed by atoms with Gasteiger partial charge in [-0.1, -0.05) is 97.1 Å². The summed E-state index contributed by atoms with van der Waals surface area (Å²) in [6.45, 7) is 0.212. The Labute approximate surface area is 182 Å². The van der Waals surface area contributed by atoms with E-state index in [0.29, 0.717) is 5.69 Å². The van der Waals surface area contributed by atoms with Crippen LogP contribution in [0.2, 0.25) is 0 Å². The highest BCUT2D eigenvalue weighted by molar-refractivity contribution is 5.87. The first-order valence-corrected chi connectivity index (χ1v) is 10.1. The van der Waals surface area contributed by atoms with E-state index in [-0.39, 0.29) is 12.3 Å². The number of rotatable bonds is 7. The topological polar surface area (TPSA) is 48.4 Å². The largest absolute Gasteiger partial charge is 0.464 e. The second kappa shape index (κ2) is 9.37. The maximum Gasteiger partial charge on any atom is 0.356 e. The van der Waals surface area contributed by atoms with Crippen LogP contribution in [0.25, 0.3) is 0 Å². The molecule has 0 spiro atoms. The molecule has 4 aromatic rings. The first kappa shape index (κ1) is 20.5. The fraction of sp³-hybridized carbons (Fsp3) is 0.111. The predicted octanol–water partition coefficient (Wildman–Crippen LogP) is 5.38. The van der Waals surface area contributed by atoms with Gasteiger partial charge in [0.15, 0.2) is 0 Å². The van der Waals surface area contributed by atoms with Crippen LogP contribution in [0.4, 0.5) is 0 Å². The summed E-state index contributed by atoms with van der Waals surface area (Å²) in [4.78, 5) is 16.3. The fourth-order valence-electron chi connectivity index (χ4n) is 3.73. The lowest BCUT2D eigenvalue weighted by atomic mass is 9.80. The minimum atomic E-state index is -0.841. The zero-order valence-corrected chi connectivity index (χ0v) is 17.3. The molecule has 31 heavy (non-hydrogen) atoms. The van der Waals surface area contributed by atoms with Crippen molar-refractivity contribution in [3.05, 3.63) is 137 Å². The number of esters is 1. The van der Waals surface area contributed by atoms with Crippen LogP contribution in [0.5, 0.6) is 0 Å². The van der Waals surface area contributed by atoms with E-state index in [9.17, 15) is 4.79 Å². The lowest BCUT2D eigenvalue weighted by Gasteiger charge is -2.36. The number of ether oxygens (including phenoxy) is 2. The molecule has 154 valence electrons. The van der Waals surface area contributed by atoms with E-state index in [2.05, 4.69) is 41.4 Å². The monoisotopic (exact) mass is 409 g/mol. The molecule has 0 saturated carbocycles. The maximum atomic E-state index is 11.9. The molecule has 0 aliphatic carbocycles. The Morgan fingerprint density at radius 2 is 1.19 bits per heavy atom. The smallest absolute Gasteiger partial charge is 0.356 e. The zero-order valence-electron chi connectivity index (χ0n) is 17.3. The SMILES string of the molecule is COC(=O)c1cccc(COC(c2ccccc2)(c2ccccc2)c2ccccc2)n1. The second-order valence-electron chi connectivity index (χ2n) is 7.07. The summed E-state index contributed by atoms with van der Waals surface area (Å²) in [5, 5.41) is 0. The predicted molar refractivity (Wildman–Crippen MR) is 120 cm³/mol. The molecule has 0 aliphatic rings. The first-order chi connectivity index (χ1) is 15.2. The molecule has 0 saturated heterocycles. The van der Waals surface area contributed by atoms with Gasteiger partial charge in [0.2, 0.25) is 0 Å². The van der Waals surface area contributed by atoms with Crippen molar-refractivity contribution in [2.24, 2.45) is 0 Å². The molecule has 0 unspecified atom stereocenters. The van der Waals surface area contributed by atoms with Crippen LogP contribution in [0.15, 0.2) is 109 Å². The molecule has 4 rings (SSSR count). The molecule has 1 aromatic heterocycles. The molecule has 0 aliphatic heterocycles. The van der Waals surface area contributed by atoms with Crippen LogP contribution in [0, 0.1) is 0 Å². The fourth-order valence-corrected chi connectivity index (χ4v) is 3.73. The van der Waals surface area contributed by atoms with E-state index < -0.39 is 11.6 Å². The number of carbonyl (C=O) groups is 1. The zero-order chi connectivity index (χ0) is 21.5. The number of carbonyl (C=O) groups excluding carboxylic acids is 1. The number of hydrogen-bond acceptors (Lipinski definition) is 4. The number of methoxy groups -OCH3 is 1. The number of hydrogen-bond donors (Lipinski definition) is 0. The standard InChI is InChI=1S/C27H23NO3/c1-30-26(29)25-19-11-18-24(28-25)20-31-27(21-12-5-2-6-13-21,22-14-7-3-8-15-22)23-16-9-4-10-17-23/h2-19H,20H2,1H3. The van der Waals surface area contributed by atoms with E-state index in [1.54, 1.807) is 12.1 Å². The molecule has 3 aromatic carbocycles. The molecule has 0 N–H and O–H groups in total. The van der Waals surface area contributed by atoms with Crippen molar-refractivity contribution >= 4 is 5.97 Å². The van der Waals surface area contributed by atoms with Crippen molar-refractivity contribution < 1.29 is 14.3 Å². The molecular weight excluding hydrogens is 386 g/mol. The van der Waals surface area contributed by atoms with E-state index in [0.717, 1.165) is 16.7 Å². The molecule has 4 nitrogen and oxygen atoms in total. The summed E-state index contributed by atoms with van der Waals surface area (Å²) in [6, 6.07) is 35.7. The summed E-state index contributed by atoms with van der Waals surface area (Å²) < 4.78 is 11.5. The highest BCUT2D eigenvalue weighted by atomic mass is 16.5. The van der Waals surface area contributed by atoms with Gasteiger partial charge in [-0.25, -0.2) is 9.78 Å². The summed E-state index contributed by atoms with van der Waals surface area (Å²) >= 11 is 0. The Bertz CT molecular complexity index is 1030. The average Bonchev–Trinajstić information content (AvgIpc) is 2.86. The number of benzene rings is 3. The molecule has 0 amide bonds. The quantitative estimate of drug-likeness (QED) is 0.304. The summed E-state index contributed by atoms with van der Waals surface area (Å²) in [7, 11) is 1.35. The molecule has 0 radical (unpaired) electrons. The van der Waals surface area contributed by atoms with Crippen LogP contribution in [-0.2, 0) is 21.7 Å². The normalized spacial score (nSPS) is 11.1. The maximum absolute atomic E-state index is 11.9. The first-order valence-electron chi connectivity index (χ1n) is 10.1. The van der Waals surface area contributed by atoms with Gasteiger partial charge in [0.05, 0.1) is 19.4 Å². The van der Waals surface area contributed by atoms with E-state index in [1.165, 1.54) is 7.11 Å². The molecule has 4 heteroatoms. The van der Waals surface area contributed by atoms with Gasteiger partial charge in [-0.2, -0.15) is 0 Å². The average molecular weight is 409 g/mol. The Hall–Kier alpha value is -3.76. The Morgan fingerprint density at radius 1 is 0.710 bits per heavy atom. The van der Waals surface area contributed by atoms with Crippen molar-refractivity contribution in [2.45, 2.75) is 12.2 Å². The lowest BCUT2D eigenvalue weighted by molar-refractivity contribution is -0.00150. The summed E-state index contributed by atoms with van der Waals surface area (Å²) in [5.41, 5.74) is 3.10. The van der Waals surface area contributed by atoms with E-state index in [1.807, 2.05) is 60.7 Å². The highest BCUT2D eigenvalue weighted by Gasteiger charge is 2.37. The number of nitrogens with zero attached hydrogens (tertiary/aromatic N) is 1. The number of pyridine rings is 1. The molecule has 0 fully saturated rings. The Kier molecular flexibility index (Phi) is 6.20. The second-order valence-corrected chi connectivity index (χ2v) is 7.07.